The Kier molecular flexibility index (Phi) is 16.5. The highest BCUT2D eigenvalue weighted by Gasteiger charge is 2.48. The standard InChI is InChI=1S/C35H53Cl2NO4/c1-7-10-27(6)34-35(42-34)33(38-22-28-16-18-30(36)31(37)20-28)26(5)14-9-13-25(4)19-24(3)12-8-11-23(2)15-17-29(39)21-32(40)41/h8-9,12-14,16,18,20,23-24,26-27,29,33-35,38-39H,7,10-11,15,17,19,21-22H2,1-6H3,(H,40,41)/b12-8+,14-9+,25-13+. The van der Waals surface area contributed by atoms with Crippen molar-refractivity contribution in [2.75, 3.05) is 0 Å². The first-order valence-corrected chi connectivity index (χ1v) is 16.4. The highest BCUT2D eigenvalue weighted by molar-refractivity contribution is 6.42. The van der Waals surface area contributed by atoms with Crippen LogP contribution in [0.1, 0.15) is 92.1 Å². The molecule has 0 radical (unpaired) electrons. The van der Waals surface area contributed by atoms with E-state index in [1.807, 2.05) is 18.2 Å². The fourth-order valence-electron chi connectivity index (χ4n) is 5.59. The Hall–Kier alpha value is -1.63. The summed E-state index contributed by atoms with van der Waals surface area (Å²) in [6.45, 7) is 14.0. The molecule has 236 valence electrons. The van der Waals surface area contributed by atoms with Crippen LogP contribution in [0, 0.1) is 23.7 Å². The van der Waals surface area contributed by atoms with Crippen LogP contribution < -0.4 is 5.32 Å². The number of allylic oxidation sites excluding steroid dienone is 5. The van der Waals surface area contributed by atoms with Gasteiger partial charge in [-0.3, -0.25) is 4.79 Å². The van der Waals surface area contributed by atoms with Gasteiger partial charge in [0.15, 0.2) is 0 Å². The molecule has 5 nitrogen and oxygen atoms in total. The molecule has 0 aromatic heterocycles. The molecule has 7 heteroatoms. The number of epoxide rings is 1. The fourth-order valence-corrected chi connectivity index (χ4v) is 5.91. The third-order valence-corrected chi connectivity index (χ3v) is 8.90. The molecule has 0 aliphatic carbocycles. The number of hydrogen-bond acceptors (Lipinski definition) is 4. The van der Waals surface area contributed by atoms with Crippen molar-refractivity contribution in [3.63, 3.8) is 0 Å². The summed E-state index contributed by atoms with van der Waals surface area (Å²) >= 11 is 12.4. The summed E-state index contributed by atoms with van der Waals surface area (Å²) in [4.78, 5) is 10.7. The normalized spacial score (nSPS) is 21.8. The molecule has 8 atom stereocenters. The minimum Gasteiger partial charge on any atom is -0.481 e. The van der Waals surface area contributed by atoms with Crippen LogP contribution in [0.5, 0.6) is 0 Å². The van der Waals surface area contributed by atoms with E-state index < -0.39 is 12.1 Å². The Labute approximate surface area is 264 Å². The van der Waals surface area contributed by atoms with Crippen molar-refractivity contribution in [1.82, 2.24) is 5.32 Å². The van der Waals surface area contributed by atoms with Crippen molar-refractivity contribution < 1.29 is 19.7 Å². The van der Waals surface area contributed by atoms with Crippen molar-refractivity contribution in [2.24, 2.45) is 23.7 Å². The molecule has 8 unspecified atom stereocenters. The number of carbonyl (C=O) groups is 1. The number of aliphatic hydroxyl groups is 1. The quantitative estimate of drug-likeness (QED) is 0.0768. The first kappa shape index (κ1) is 36.6. The molecular weight excluding hydrogens is 569 g/mol. The molecular formula is C35H53Cl2NO4. The monoisotopic (exact) mass is 621 g/mol. The maximum absolute atomic E-state index is 10.7. The molecule has 1 heterocycles. The molecule has 1 saturated heterocycles. The average Bonchev–Trinajstić information content (AvgIpc) is 3.70. The van der Waals surface area contributed by atoms with Crippen molar-refractivity contribution in [1.29, 1.82) is 0 Å². The minimum absolute atomic E-state index is 0.179. The Morgan fingerprint density at radius 2 is 1.79 bits per heavy atom. The van der Waals surface area contributed by atoms with Gasteiger partial charge in [0.1, 0.15) is 6.10 Å². The zero-order valence-electron chi connectivity index (χ0n) is 26.4. The summed E-state index contributed by atoms with van der Waals surface area (Å²) in [5, 5.41) is 23.4. The molecule has 0 spiro atoms. The molecule has 0 amide bonds. The molecule has 0 bridgehead atoms. The number of hydrogen-bond donors (Lipinski definition) is 3. The fraction of sp³-hybridized carbons (Fsp3) is 0.629. The first-order valence-electron chi connectivity index (χ1n) is 15.6. The molecule has 42 heavy (non-hydrogen) atoms. The van der Waals surface area contributed by atoms with Gasteiger partial charge in [0.25, 0.3) is 0 Å². The summed E-state index contributed by atoms with van der Waals surface area (Å²) in [5.41, 5.74) is 2.44. The van der Waals surface area contributed by atoms with Gasteiger partial charge < -0.3 is 20.3 Å². The number of rotatable bonds is 20. The number of aliphatic hydroxyl groups excluding tert-OH is 1. The van der Waals surface area contributed by atoms with Gasteiger partial charge in [-0.15, -0.1) is 0 Å². The van der Waals surface area contributed by atoms with Gasteiger partial charge >= 0.3 is 5.97 Å². The number of carboxylic acid groups (broad SMARTS) is 1. The maximum atomic E-state index is 10.7. The predicted molar refractivity (Wildman–Crippen MR) is 176 cm³/mol. The van der Waals surface area contributed by atoms with E-state index in [2.05, 4.69) is 77.2 Å². The molecule has 1 aliphatic rings. The second kappa shape index (κ2) is 18.9. The minimum atomic E-state index is -0.949. The largest absolute Gasteiger partial charge is 0.481 e. The lowest BCUT2D eigenvalue weighted by Crippen LogP contribution is -2.40. The smallest absolute Gasteiger partial charge is 0.305 e. The average molecular weight is 623 g/mol. The summed E-state index contributed by atoms with van der Waals surface area (Å²) in [5.74, 6) is 0.729. The van der Waals surface area contributed by atoms with Gasteiger partial charge in [0.2, 0.25) is 0 Å². The Morgan fingerprint density at radius 1 is 1.05 bits per heavy atom. The van der Waals surface area contributed by atoms with Crippen LogP contribution in [0.4, 0.5) is 0 Å². The van der Waals surface area contributed by atoms with Crippen molar-refractivity contribution in [3.05, 3.63) is 69.8 Å². The number of aliphatic carboxylic acids is 1. The second-order valence-corrected chi connectivity index (χ2v) is 13.3. The Bertz CT molecular complexity index is 1060. The number of nitrogens with one attached hydrogen (secondary N) is 1. The van der Waals surface area contributed by atoms with Gasteiger partial charge in [0, 0.05) is 12.6 Å². The number of ether oxygens (including phenoxy) is 1. The van der Waals surface area contributed by atoms with Gasteiger partial charge in [-0.05, 0) is 80.4 Å². The van der Waals surface area contributed by atoms with E-state index in [1.165, 1.54) is 18.4 Å². The van der Waals surface area contributed by atoms with Crippen LogP contribution >= 0.6 is 23.2 Å². The molecule has 0 saturated carbocycles. The summed E-state index contributed by atoms with van der Waals surface area (Å²) in [6, 6.07) is 5.98. The summed E-state index contributed by atoms with van der Waals surface area (Å²) < 4.78 is 6.22. The van der Waals surface area contributed by atoms with Crippen molar-refractivity contribution in [3.8, 4) is 0 Å². The third-order valence-electron chi connectivity index (χ3n) is 8.16. The lowest BCUT2D eigenvalue weighted by atomic mass is 9.91. The van der Waals surface area contributed by atoms with E-state index >= 15 is 0 Å². The van der Waals surface area contributed by atoms with Crippen LogP contribution in [-0.2, 0) is 16.1 Å². The van der Waals surface area contributed by atoms with E-state index in [9.17, 15) is 9.90 Å². The molecule has 1 aromatic carbocycles. The maximum Gasteiger partial charge on any atom is 0.305 e. The van der Waals surface area contributed by atoms with E-state index in [0.717, 1.165) is 24.8 Å². The zero-order chi connectivity index (χ0) is 31.2. The first-order chi connectivity index (χ1) is 19.9. The number of halogens is 2. The third kappa shape index (κ3) is 13.8. The number of benzene rings is 1. The second-order valence-electron chi connectivity index (χ2n) is 12.5. The zero-order valence-corrected chi connectivity index (χ0v) is 27.9. The molecule has 1 aliphatic heterocycles. The van der Waals surface area contributed by atoms with Crippen LogP contribution in [-0.4, -0.2) is 40.5 Å². The van der Waals surface area contributed by atoms with Crippen LogP contribution in [0.2, 0.25) is 10.0 Å². The van der Waals surface area contributed by atoms with E-state index in [1.54, 1.807) is 0 Å². The topological polar surface area (TPSA) is 82.1 Å². The molecule has 3 N–H and O–H groups in total. The lowest BCUT2D eigenvalue weighted by molar-refractivity contribution is -0.139. The highest BCUT2D eigenvalue weighted by Crippen LogP contribution is 2.37. The Morgan fingerprint density at radius 3 is 2.45 bits per heavy atom. The van der Waals surface area contributed by atoms with Crippen LogP contribution in [0.25, 0.3) is 0 Å². The van der Waals surface area contributed by atoms with Crippen LogP contribution in [0.15, 0.2) is 54.2 Å². The number of carboxylic acids is 1. The van der Waals surface area contributed by atoms with Gasteiger partial charge in [-0.2, -0.15) is 0 Å². The van der Waals surface area contributed by atoms with E-state index in [4.69, 9.17) is 33.0 Å². The molecule has 2 rings (SSSR count). The Balaban J connectivity index is 1.89. The highest BCUT2D eigenvalue weighted by atomic mass is 35.5. The van der Waals surface area contributed by atoms with E-state index in [-0.39, 0.29) is 24.5 Å². The predicted octanol–water partition coefficient (Wildman–Crippen LogP) is 9.02. The van der Waals surface area contributed by atoms with Gasteiger partial charge in [-0.1, -0.05) is 106 Å². The SMILES string of the molecule is CCCC(C)C1OC1C(NCc1ccc(Cl)c(Cl)c1)C(C)/C=C/C=C(\C)CC(C)/C=C/CC(C)CCC(O)CC(=O)O. The summed E-state index contributed by atoms with van der Waals surface area (Å²) in [7, 11) is 0. The summed E-state index contributed by atoms with van der Waals surface area (Å²) in [6.07, 6.45) is 16.3. The van der Waals surface area contributed by atoms with Crippen LogP contribution in [0.3, 0.4) is 0 Å². The van der Waals surface area contributed by atoms with Gasteiger partial charge in [-0.25, -0.2) is 0 Å². The van der Waals surface area contributed by atoms with Crippen molar-refractivity contribution in [2.45, 2.75) is 117 Å². The van der Waals surface area contributed by atoms with E-state index in [0.29, 0.717) is 46.9 Å². The van der Waals surface area contributed by atoms with Crippen molar-refractivity contribution >= 4 is 29.2 Å². The lowest BCUT2D eigenvalue weighted by Gasteiger charge is -2.22. The molecule has 1 aromatic rings. The molecule has 1 fully saturated rings. The van der Waals surface area contributed by atoms with Gasteiger partial charge in [0.05, 0.1) is 28.7 Å².